The summed E-state index contributed by atoms with van der Waals surface area (Å²) in [6, 6.07) is 0. The van der Waals surface area contributed by atoms with Gasteiger partial charge in [-0.15, -0.1) is 0 Å². The minimum Gasteiger partial charge on any atom is -0.382 e. The predicted molar refractivity (Wildman–Crippen MR) is 71.7 cm³/mol. The van der Waals surface area contributed by atoms with Crippen LogP contribution in [0.15, 0.2) is 0 Å². The van der Waals surface area contributed by atoms with Crippen molar-refractivity contribution >= 4 is 0 Å². The number of hydrogen-bond acceptors (Lipinski definition) is 3. The number of fused-ring (bicyclic) bond motifs is 2. The van der Waals surface area contributed by atoms with Crippen molar-refractivity contribution in [1.82, 2.24) is 0 Å². The average molecular weight is 256 g/mol. The van der Waals surface area contributed by atoms with Crippen LogP contribution in [0.1, 0.15) is 46.5 Å². The van der Waals surface area contributed by atoms with E-state index in [0.717, 1.165) is 25.7 Å². The first-order chi connectivity index (χ1) is 8.35. The van der Waals surface area contributed by atoms with Crippen molar-refractivity contribution in [3.05, 3.63) is 0 Å². The number of ether oxygens (including phenoxy) is 3. The Morgan fingerprint density at radius 1 is 1.00 bits per heavy atom. The number of methoxy groups -OCH3 is 2. The van der Waals surface area contributed by atoms with E-state index < -0.39 is 0 Å². The van der Waals surface area contributed by atoms with E-state index in [4.69, 9.17) is 14.2 Å². The first-order valence-electron chi connectivity index (χ1n) is 7.03. The Hall–Kier alpha value is -0.120. The van der Waals surface area contributed by atoms with E-state index in [-0.39, 0.29) is 11.2 Å². The second-order valence-electron chi connectivity index (χ2n) is 7.31. The zero-order valence-corrected chi connectivity index (χ0v) is 12.5. The summed E-state index contributed by atoms with van der Waals surface area (Å²) in [5.41, 5.74) is 0.194. The third kappa shape index (κ3) is 2.59. The van der Waals surface area contributed by atoms with Crippen LogP contribution in [0.25, 0.3) is 0 Å². The maximum absolute atomic E-state index is 6.43. The minimum absolute atomic E-state index is 0.0660. The fourth-order valence-electron chi connectivity index (χ4n) is 3.73. The molecule has 2 saturated heterocycles. The summed E-state index contributed by atoms with van der Waals surface area (Å²) in [6.07, 6.45) is 4.46. The highest BCUT2D eigenvalue weighted by Gasteiger charge is 2.56. The molecule has 0 saturated carbocycles. The highest BCUT2D eigenvalue weighted by Crippen LogP contribution is 2.54. The summed E-state index contributed by atoms with van der Waals surface area (Å²) in [5.74, 6) is 0.680. The lowest BCUT2D eigenvalue weighted by atomic mass is 9.70. The van der Waals surface area contributed by atoms with E-state index in [1.165, 1.54) is 0 Å². The molecule has 2 bridgehead atoms. The van der Waals surface area contributed by atoms with Gasteiger partial charge in [0.15, 0.2) is 0 Å². The fraction of sp³-hybridized carbons (Fsp3) is 1.00. The standard InChI is InChI=1S/C15H28O3/c1-13(2,3)12-8-14(10-16-4)6-7-15(9-12,18-14)11-17-5/h12H,6-11H2,1-5H3/t12?,14-,15+. The molecule has 106 valence electrons. The molecule has 0 aromatic rings. The minimum atomic E-state index is -0.0660. The molecule has 0 radical (unpaired) electrons. The van der Waals surface area contributed by atoms with Crippen LogP contribution in [-0.4, -0.2) is 38.6 Å². The fourth-order valence-corrected chi connectivity index (χ4v) is 3.73. The molecule has 3 nitrogen and oxygen atoms in total. The van der Waals surface area contributed by atoms with Gasteiger partial charge in [-0.05, 0) is 37.0 Å². The van der Waals surface area contributed by atoms with Gasteiger partial charge in [0.05, 0.1) is 24.4 Å². The largest absolute Gasteiger partial charge is 0.382 e. The lowest BCUT2D eigenvalue weighted by Crippen LogP contribution is -2.51. The Morgan fingerprint density at radius 2 is 1.44 bits per heavy atom. The second kappa shape index (κ2) is 4.77. The first-order valence-corrected chi connectivity index (χ1v) is 7.03. The Kier molecular flexibility index (Phi) is 3.79. The maximum Gasteiger partial charge on any atom is 0.0927 e. The van der Waals surface area contributed by atoms with Crippen LogP contribution >= 0.6 is 0 Å². The van der Waals surface area contributed by atoms with Gasteiger partial charge in [0.25, 0.3) is 0 Å². The summed E-state index contributed by atoms with van der Waals surface area (Å²) < 4.78 is 17.3. The van der Waals surface area contributed by atoms with Crippen LogP contribution < -0.4 is 0 Å². The van der Waals surface area contributed by atoms with E-state index in [9.17, 15) is 0 Å². The van der Waals surface area contributed by atoms with Crippen LogP contribution in [0.3, 0.4) is 0 Å². The Bertz CT molecular complexity index is 275. The van der Waals surface area contributed by atoms with Crippen LogP contribution in [0.4, 0.5) is 0 Å². The van der Waals surface area contributed by atoms with Crippen molar-refractivity contribution in [2.45, 2.75) is 57.7 Å². The lowest BCUT2D eigenvalue weighted by molar-refractivity contribution is -0.203. The topological polar surface area (TPSA) is 27.7 Å². The van der Waals surface area contributed by atoms with Gasteiger partial charge in [0, 0.05) is 14.2 Å². The van der Waals surface area contributed by atoms with Crippen molar-refractivity contribution in [1.29, 1.82) is 0 Å². The van der Waals surface area contributed by atoms with E-state index in [1.807, 2.05) is 0 Å². The molecule has 0 aromatic carbocycles. The lowest BCUT2D eigenvalue weighted by Gasteiger charge is -2.47. The molecule has 2 aliphatic rings. The van der Waals surface area contributed by atoms with Crippen molar-refractivity contribution in [2.24, 2.45) is 11.3 Å². The summed E-state index contributed by atoms with van der Waals surface area (Å²) in [7, 11) is 3.55. The van der Waals surface area contributed by atoms with Gasteiger partial charge < -0.3 is 14.2 Å². The molecule has 18 heavy (non-hydrogen) atoms. The highest BCUT2D eigenvalue weighted by molar-refractivity contribution is 5.06. The third-order valence-electron chi connectivity index (χ3n) is 4.75. The molecule has 0 N–H and O–H groups in total. The van der Waals surface area contributed by atoms with Crippen LogP contribution in [0.2, 0.25) is 0 Å². The Morgan fingerprint density at radius 3 is 1.78 bits per heavy atom. The molecule has 2 aliphatic heterocycles. The van der Waals surface area contributed by atoms with Gasteiger partial charge in [0.2, 0.25) is 0 Å². The summed E-state index contributed by atoms with van der Waals surface area (Å²) in [4.78, 5) is 0. The molecule has 2 heterocycles. The molecule has 0 spiro atoms. The zero-order chi connectivity index (χ0) is 13.4. The van der Waals surface area contributed by atoms with Gasteiger partial charge >= 0.3 is 0 Å². The molecule has 1 unspecified atom stereocenters. The summed E-state index contributed by atoms with van der Waals surface area (Å²) in [6.45, 7) is 8.44. The maximum atomic E-state index is 6.43. The van der Waals surface area contributed by atoms with Gasteiger partial charge in [-0.25, -0.2) is 0 Å². The second-order valence-corrected chi connectivity index (χ2v) is 7.31. The van der Waals surface area contributed by atoms with Crippen LogP contribution in [0.5, 0.6) is 0 Å². The summed E-state index contributed by atoms with van der Waals surface area (Å²) in [5, 5.41) is 0. The predicted octanol–water partition coefficient (Wildman–Crippen LogP) is 3.02. The smallest absolute Gasteiger partial charge is 0.0927 e. The average Bonchev–Trinajstić information content (AvgIpc) is 2.50. The van der Waals surface area contributed by atoms with E-state index in [1.54, 1.807) is 14.2 Å². The van der Waals surface area contributed by atoms with Crippen LogP contribution in [0, 0.1) is 11.3 Å². The van der Waals surface area contributed by atoms with Gasteiger partial charge in [0.1, 0.15) is 0 Å². The van der Waals surface area contributed by atoms with E-state index >= 15 is 0 Å². The molecule has 0 aromatic heterocycles. The number of rotatable bonds is 4. The molecule has 0 amide bonds. The molecule has 2 rings (SSSR count). The normalized spacial score (nSPS) is 40.2. The molecule has 3 heteroatoms. The molecular weight excluding hydrogens is 228 g/mol. The molecule has 0 aliphatic carbocycles. The third-order valence-corrected chi connectivity index (χ3v) is 4.75. The zero-order valence-electron chi connectivity index (χ0n) is 12.5. The van der Waals surface area contributed by atoms with Crippen molar-refractivity contribution in [2.75, 3.05) is 27.4 Å². The van der Waals surface area contributed by atoms with Crippen molar-refractivity contribution in [3.8, 4) is 0 Å². The van der Waals surface area contributed by atoms with Gasteiger partial charge in [-0.1, -0.05) is 20.8 Å². The van der Waals surface area contributed by atoms with Gasteiger partial charge in [-0.2, -0.15) is 0 Å². The van der Waals surface area contributed by atoms with Crippen molar-refractivity contribution in [3.63, 3.8) is 0 Å². The van der Waals surface area contributed by atoms with Gasteiger partial charge in [-0.3, -0.25) is 0 Å². The van der Waals surface area contributed by atoms with Crippen molar-refractivity contribution < 1.29 is 14.2 Å². The molecule has 3 atom stereocenters. The molecular formula is C15H28O3. The van der Waals surface area contributed by atoms with Crippen LogP contribution in [-0.2, 0) is 14.2 Å². The quantitative estimate of drug-likeness (QED) is 0.774. The summed E-state index contributed by atoms with van der Waals surface area (Å²) >= 11 is 0. The van der Waals surface area contributed by atoms with E-state index in [2.05, 4.69) is 20.8 Å². The molecule has 2 fully saturated rings. The SMILES string of the molecule is COC[C@@]12CC[C@@](COC)(CC(C(C)(C)C)C1)O2. The highest BCUT2D eigenvalue weighted by atomic mass is 16.6. The monoisotopic (exact) mass is 256 g/mol. The Labute approximate surface area is 111 Å². The Balaban J connectivity index is 2.21. The number of hydrogen-bond donors (Lipinski definition) is 0. The van der Waals surface area contributed by atoms with E-state index in [0.29, 0.717) is 24.5 Å². The first kappa shape index (κ1) is 14.3.